The van der Waals surface area contributed by atoms with Gasteiger partial charge >= 0.3 is 5.97 Å². The van der Waals surface area contributed by atoms with Gasteiger partial charge in [-0.2, -0.15) is 0 Å². The Hall–Kier alpha value is -2.05. The molecule has 5 nitrogen and oxygen atoms in total. The molecule has 2 aromatic heterocycles. The molecule has 3 aromatic rings. The third-order valence-electron chi connectivity index (χ3n) is 4.37. The molecule has 0 saturated carbocycles. The number of hydrogen-bond donors (Lipinski definition) is 2. The summed E-state index contributed by atoms with van der Waals surface area (Å²) >= 11 is 3.60. The van der Waals surface area contributed by atoms with Gasteiger partial charge in [0.15, 0.2) is 0 Å². The summed E-state index contributed by atoms with van der Waals surface area (Å²) < 4.78 is 12.2. The number of benzene rings is 1. The smallest absolute Gasteiger partial charge is 0.307 e. The molecule has 0 amide bonds. The summed E-state index contributed by atoms with van der Waals surface area (Å²) in [5.41, 5.74) is 2.53. The number of furan rings is 1. The van der Waals surface area contributed by atoms with E-state index >= 15 is 0 Å². The second-order valence-corrected chi connectivity index (χ2v) is 6.50. The average molecular weight is 376 g/mol. The van der Waals surface area contributed by atoms with E-state index in [1.807, 2.05) is 18.2 Å². The molecule has 6 heteroatoms. The highest BCUT2D eigenvalue weighted by Gasteiger charge is 2.44. The third-order valence-corrected chi connectivity index (χ3v) is 5.03. The van der Waals surface area contributed by atoms with E-state index in [-0.39, 0.29) is 6.42 Å². The summed E-state index contributed by atoms with van der Waals surface area (Å²) in [5.74, 6) is -0.920. The first kappa shape index (κ1) is 14.5. The zero-order chi connectivity index (χ0) is 16.0. The minimum absolute atomic E-state index is 0.163. The Morgan fingerprint density at radius 2 is 2.26 bits per heavy atom. The predicted molar refractivity (Wildman–Crippen MR) is 87.4 cm³/mol. The van der Waals surface area contributed by atoms with Gasteiger partial charge in [-0.3, -0.25) is 4.79 Å². The first-order valence-corrected chi connectivity index (χ1v) is 8.09. The normalized spacial score (nSPS) is 20.6. The molecule has 1 atom stereocenters. The van der Waals surface area contributed by atoms with Crippen LogP contribution in [-0.4, -0.2) is 22.7 Å². The lowest BCUT2D eigenvalue weighted by molar-refractivity contribution is -0.144. The molecule has 2 N–H and O–H groups in total. The summed E-state index contributed by atoms with van der Waals surface area (Å²) in [4.78, 5) is 14.9. The van der Waals surface area contributed by atoms with Gasteiger partial charge in [-0.1, -0.05) is 22.0 Å². The highest BCUT2D eigenvalue weighted by atomic mass is 79.9. The van der Waals surface area contributed by atoms with E-state index in [2.05, 4.69) is 20.9 Å². The topological polar surface area (TPSA) is 75.5 Å². The predicted octanol–water partition coefficient (Wildman–Crippen LogP) is 3.81. The van der Waals surface area contributed by atoms with Crippen molar-refractivity contribution in [3.63, 3.8) is 0 Å². The zero-order valence-corrected chi connectivity index (χ0v) is 13.7. The molecule has 0 fully saturated rings. The fourth-order valence-electron chi connectivity index (χ4n) is 3.44. The summed E-state index contributed by atoms with van der Waals surface area (Å²) in [6.07, 6.45) is 3.66. The maximum Gasteiger partial charge on any atom is 0.307 e. The van der Waals surface area contributed by atoms with Crippen LogP contribution >= 0.6 is 15.9 Å². The van der Waals surface area contributed by atoms with Crippen LogP contribution in [0.1, 0.15) is 23.2 Å². The number of hydrogen-bond acceptors (Lipinski definition) is 3. The number of aliphatic carboxylic acids is 1. The van der Waals surface area contributed by atoms with Crippen molar-refractivity contribution in [2.24, 2.45) is 0 Å². The fourth-order valence-corrected chi connectivity index (χ4v) is 4.05. The number of ether oxygens (including phenoxy) is 1. The number of carboxylic acids is 1. The molecular formula is C17H14BrNO4. The van der Waals surface area contributed by atoms with Crippen LogP contribution in [0.25, 0.3) is 10.9 Å². The van der Waals surface area contributed by atoms with Crippen molar-refractivity contribution in [2.45, 2.75) is 18.4 Å². The van der Waals surface area contributed by atoms with Crippen LogP contribution in [0, 0.1) is 0 Å². The second kappa shape index (κ2) is 5.25. The molecule has 0 saturated heterocycles. The number of nitrogens with one attached hydrogen (secondary N) is 1. The van der Waals surface area contributed by atoms with Gasteiger partial charge in [-0.05, 0) is 30.2 Å². The number of carboxylic acid groups (broad SMARTS) is 1. The van der Waals surface area contributed by atoms with Crippen molar-refractivity contribution >= 4 is 32.8 Å². The second-order valence-electron chi connectivity index (χ2n) is 5.65. The summed E-state index contributed by atoms with van der Waals surface area (Å²) in [5, 5.41) is 10.5. The standard InChI is InChI=1S/C17H14BrNO4/c18-12-2-1-3-13-15(12)11-5-7-23-17(8-14(20)21,16(11)19-13)10-4-6-22-9-10/h1-4,6,9,19H,5,7-8H2,(H,20,21). The van der Waals surface area contributed by atoms with E-state index in [0.717, 1.165) is 33.1 Å². The van der Waals surface area contributed by atoms with Gasteiger partial charge in [0, 0.05) is 20.9 Å². The highest BCUT2D eigenvalue weighted by Crippen LogP contribution is 2.45. The number of carbonyl (C=O) groups is 1. The maximum absolute atomic E-state index is 11.5. The lowest BCUT2D eigenvalue weighted by Gasteiger charge is -2.35. The molecule has 1 aromatic carbocycles. The Balaban J connectivity index is 2.03. The van der Waals surface area contributed by atoms with Crippen molar-refractivity contribution in [1.82, 2.24) is 4.98 Å². The zero-order valence-electron chi connectivity index (χ0n) is 12.1. The van der Waals surface area contributed by atoms with Crippen LogP contribution < -0.4 is 0 Å². The van der Waals surface area contributed by atoms with E-state index in [0.29, 0.717) is 12.2 Å². The van der Waals surface area contributed by atoms with Crippen LogP contribution in [0.2, 0.25) is 0 Å². The van der Waals surface area contributed by atoms with Gasteiger partial charge in [0.25, 0.3) is 0 Å². The van der Waals surface area contributed by atoms with E-state index in [1.165, 1.54) is 6.26 Å². The first-order valence-electron chi connectivity index (χ1n) is 7.30. The van der Waals surface area contributed by atoms with Gasteiger partial charge in [0.1, 0.15) is 5.60 Å². The molecule has 0 radical (unpaired) electrons. The summed E-state index contributed by atoms with van der Waals surface area (Å²) in [6, 6.07) is 7.69. The number of fused-ring (bicyclic) bond motifs is 3. The Labute approximate surface area is 140 Å². The monoisotopic (exact) mass is 375 g/mol. The maximum atomic E-state index is 11.5. The number of aromatic nitrogens is 1. The molecule has 0 spiro atoms. The third kappa shape index (κ3) is 2.13. The molecular weight excluding hydrogens is 362 g/mol. The quantitative estimate of drug-likeness (QED) is 0.729. The van der Waals surface area contributed by atoms with Gasteiger partial charge in [-0.15, -0.1) is 0 Å². The van der Waals surface area contributed by atoms with Crippen molar-refractivity contribution < 1.29 is 19.1 Å². The first-order chi connectivity index (χ1) is 11.1. The molecule has 4 rings (SSSR count). The Kier molecular flexibility index (Phi) is 3.32. The molecule has 118 valence electrons. The highest BCUT2D eigenvalue weighted by molar-refractivity contribution is 9.10. The number of halogens is 1. The fraction of sp³-hybridized carbons (Fsp3) is 0.235. The van der Waals surface area contributed by atoms with E-state index in [1.54, 1.807) is 12.3 Å². The van der Waals surface area contributed by atoms with Gasteiger partial charge in [0.05, 0.1) is 31.2 Å². The van der Waals surface area contributed by atoms with Crippen LogP contribution in [0.4, 0.5) is 0 Å². The lowest BCUT2D eigenvalue weighted by Crippen LogP contribution is -2.38. The summed E-state index contributed by atoms with van der Waals surface area (Å²) in [7, 11) is 0. The van der Waals surface area contributed by atoms with Crippen LogP contribution in [0.15, 0.2) is 45.7 Å². The Morgan fingerprint density at radius 1 is 1.39 bits per heavy atom. The molecule has 23 heavy (non-hydrogen) atoms. The van der Waals surface area contributed by atoms with E-state index in [9.17, 15) is 9.90 Å². The minimum Gasteiger partial charge on any atom is -0.481 e. The van der Waals surface area contributed by atoms with Crippen LogP contribution in [0.5, 0.6) is 0 Å². The molecule has 1 aliphatic heterocycles. The molecule has 0 aliphatic carbocycles. The molecule has 0 bridgehead atoms. The van der Waals surface area contributed by atoms with Crippen molar-refractivity contribution in [2.75, 3.05) is 6.61 Å². The minimum atomic E-state index is -1.05. The summed E-state index contributed by atoms with van der Waals surface area (Å²) in [6.45, 7) is 0.458. The number of aromatic amines is 1. The van der Waals surface area contributed by atoms with Crippen LogP contribution in [-0.2, 0) is 21.6 Å². The van der Waals surface area contributed by atoms with Crippen molar-refractivity contribution in [3.8, 4) is 0 Å². The largest absolute Gasteiger partial charge is 0.481 e. The van der Waals surface area contributed by atoms with E-state index in [4.69, 9.17) is 9.15 Å². The Morgan fingerprint density at radius 3 is 3.00 bits per heavy atom. The SMILES string of the molecule is O=C(O)CC1(c2ccoc2)OCCc2c1[nH]c1cccc(Br)c21. The van der Waals surface area contributed by atoms with Gasteiger partial charge in [-0.25, -0.2) is 0 Å². The average Bonchev–Trinajstić information content (AvgIpc) is 3.15. The van der Waals surface area contributed by atoms with Crippen molar-refractivity contribution in [3.05, 3.63) is 58.1 Å². The van der Waals surface area contributed by atoms with Gasteiger partial charge in [0.2, 0.25) is 0 Å². The number of rotatable bonds is 3. The molecule has 3 heterocycles. The lowest BCUT2D eigenvalue weighted by atomic mass is 9.83. The molecule has 1 unspecified atom stereocenters. The number of H-pyrrole nitrogens is 1. The van der Waals surface area contributed by atoms with Crippen LogP contribution in [0.3, 0.4) is 0 Å². The van der Waals surface area contributed by atoms with Crippen molar-refractivity contribution in [1.29, 1.82) is 0 Å². The molecule has 1 aliphatic rings. The Bertz CT molecular complexity index is 884. The van der Waals surface area contributed by atoms with E-state index < -0.39 is 11.6 Å². The van der Waals surface area contributed by atoms with Gasteiger partial charge < -0.3 is 19.2 Å².